The lowest BCUT2D eigenvalue weighted by Gasteiger charge is -2.30. The Bertz CT molecular complexity index is 743. The van der Waals surface area contributed by atoms with Gasteiger partial charge in [0.15, 0.2) is 11.5 Å². The molecule has 0 unspecified atom stereocenters. The molecule has 1 aliphatic rings. The number of nitrogens with zero attached hydrogens (tertiary/aromatic N) is 5. The van der Waals surface area contributed by atoms with Crippen molar-refractivity contribution in [3.05, 3.63) is 29.4 Å². The van der Waals surface area contributed by atoms with Gasteiger partial charge in [0, 0.05) is 32.8 Å². The second-order valence-corrected chi connectivity index (χ2v) is 6.69. The zero-order chi connectivity index (χ0) is 18.9. The van der Waals surface area contributed by atoms with Gasteiger partial charge in [-0.15, -0.1) is 0 Å². The zero-order valence-electron chi connectivity index (χ0n) is 15.0. The minimum absolute atomic E-state index is 0.0944. The molecule has 1 aliphatic heterocycles. The number of imidazole rings is 1. The van der Waals surface area contributed by atoms with Crippen molar-refractivity contribution in [2.45, 2.75) is 45.1 Å². The largest absolute Gasteiger partial charge is 0.434 e. The molecule has 0 bridgehead atoms. The highest BCUT2D eigenvalue weighted by molar-refractivity contribution is 5.10. The summed E-state index contributed by atoms with van der Waals surface area (Å²) in [5, 5.41) is 3.86. The maximum Gasteiger partial charge on any atom is 0.434 e. The maximum absolute atomic E-state index is 12.8. The van der Waals surface area contributed by atoms with Crippen LogP contribution in [0, 0.1) is 5.92 Å². The molecule has 3 heterocycles. The third-order valence-electron chi connectivity index (χ3n) is 4.70. The van der Waals surface area contributed by atoms with E-state index in [0.717, 1.165) is 12.6 Å². The normalized spacial score (nSPS) is 19.0. The first kappa shape index (κ1) is 18.8. The van der Waals surface area contributed by atoms with Crippen molar-refractivity contribution in [2.75, 3.05) is 20.7 Å². The van der Waals surface area contributed by atoms with E-state index >= 15 is 0 Å². The predicted molar refractivity (Wildman–Crippen MR) is 85.1 cm³/mol. The third-order valence-corrected chi connectivity index (χ3v) is 4.70. The first-order valence-corrected chi connectivity index (χ1v) is 8.42. The highest BCUT2D eigenvalue weighted by Crippen LogP contribution is 2.31. The lowest BCUT2D eigenvalue weighted by Crippen LogP contribution is -2.33. The summed E-state index contributed by atoms with van der Waals surface area (Å²) in [6.45, 7) is 3.47. The summed E-state index contributed by atoms with van der Waals surface area (Å²) >= 11 is 0. The second-order valence-electron chi connectivity index (χ2n) is 6.69. The molecule has 10 heteroatoms. The molecule has 0 aromatic carbocycles. The average molecular weight is 373 g/mol. The predicted octanol–water partition coefficient (Wildman–Crippen LogP) is 2.69. The van der Waals surface area contributed by atoms with Crippen molar-refractivity contribution in [3.63, 3.8) is 0 Å². The summed E-state index contributed by atoms with van der Waals surface area (Å²) < 4.78 is 50.3. The van der Waals surface area contributed by atoms with Gasteiger partial charge >= 0.3 is 6.18 Å². The Morgan fingerprint density at radius 3 is 2.88 bits per heavy atom. The van der Waals surface area contributed by atoms with E-state index in [1.54, 1.807) is 11.7 Å². The summed E-state index contributed by atoms with van der Waals surface area (Å²) in [6.07, 6.45) is -1.95. The van der Waals surface area contributed by atoms with E-state index in [1.165, 1.54) is 0 Å². The maximum atomic E-state index is 12.8. The van der Waals surface area contributed by atoms with Gasteiger partial charge in [0.1, 0.15) is 12.4 Å². The van der Waals surface area contributed by atoms with Crippen LogP contribution in [0.25, 0.3) is 0 Å². The number of hydrogen-bond donors (Lipinski definition) is 0. The Hall–Kier alpha value is -1.94. The molecule has 0 saturated heterocycles. The minimum atomic E-state index is -4.40. The molecule has 7 nitrogen and oxygen atoms in total. The van der Waals surface area contributed by atoms with Crippen molar-refractivity contribution in [1.82, 2.24) is 24.6 Å². The first-order chi connectivity index (χ1) is 12.3. The molecule has 2 aromatic rings. The number of rotatable bonds is 6. The number of hydrogen-bond acceptors (Lipinski definition) is 6. The Morgan fingerprint density at radius 2 is 2.19 bits per heavy atom. The summed E-state index contributed by atoms with van der Waals surface area (Å²) in [7, 11) is 3.50. The summed E-state index contributed by atoms with van der Waals surface area (Å²) in [5.74, 6) is 1.72. The van der Waals surface area contributed by atoms with E-state index < -0.39 is 11.9 Å². The number of fused-ring (bicyclic) bond motifs is 1. The van der Waals surface area contributed by atoms with E-state index in [-0.39, 0.29) is 18.6 Å². The molecule has 0 spiro atoms. The van der Waals surface area contributed by atoms with E-state index in [1.807, 2.05) is 14.0 Å². The van der Waals surface area contributed by atoms with Gasteiger partial charge in [-0.05, 0) is 26.3 Å². The fourth-order valence-electron chi connectivity index (χ4n) is 3.18. The molecule has 26 heavy (non-hydrogen) atoms. The molecule has 3 rings (SSSR count). The molecule has 144 valence electrons. The van der Waals surface area contributed by atoms with Crippen molar-refractivity contribution >= 4 is 0 Å². The fourth-order valence-corrected chi connectivity index (χ4v) is 3.18. The van der Waals surface area contributed by atoms with Crippen molar-refractivity contribution < 1.29 is 22.4 Å². The second kappa shape index (κ2) is 7.36. The van der Waals surface area contributed by atoms with Crippen LogP contribution in [0.3, 0.4) is 0 Å². The van der Waals surface area contributed by atoms with Gasteiger partial charge in [0.2, 0.25) is 5.89 Å². The minimum Gasteiger partial charge on any atom is -0.377 e. The molecule has 0 radical (unpaired) electrons. The highest BCUT2D eigenvalue weighted by atomic mass is 19.4. The van der Waals surface area contributed by atoms with Crippen LogP contribution in [-0.4, -0.2) is 45.3 Å². The number of ether oxygens (including phenoxy) is 1. The number of halogens is 3. The Morgan fingerprint density at radius 1 is 1.42 bits per heavy atom. The summed E-state index contributed by atoms with van der Waals surface area (Å²) in [6, 6.07) is -0.0944. The van der Waals surface area contributed by atoms with Gasteiger partial charge in [-0.3, -0.25) is 4.90 Å². The van der Waals surface area contributed by atoms with Gasteiger partial charge in [-0.25, -0.2) is 4.98 Å². The first-order valence-electron chi connectivity index (χ1n) is 8.42. The number of methoxy groups -OCH3 is 1. The molecule has 0 N–H and O–H groups in total. The highest BCUT2D eigenvalue weighted by Gasteiger charge is 2.36. The van der Waals surface area contributed by atoms with Gasteiger partial charge in [0.25, 0.3) is 0 Å². The third kappa shape index (κ3) is 4.07. The topological polar surface area (TPSA) is 69.2 Å². The monoisotopic (exact) mass is 373 g/mol. The SMILES string of the molecule is COCc1noc([C@@H](C)N(C)C[C@@H]2CCc3nc(C(F)(F)F)cn3C2)n1. The van der Waals surface area contributed by atoms with E-state index in [2.05, 4.69) is 20.0 Å². The summed E-state index contributed by atoms with van der Waals surface area (Å²) in [5.41, 5.74) is -0.814. The molecule has 0 saturated carbocycles. The average Bonchev–Trinajstić information content (AvgIpc) is 3.20. The van der Waals surface area contributed by atoms with Crippen LogP contribution >= 0.6 is 0 Å². The van der Waals surface area contributed by atoms with Crippen LogP contribution < -0.4 is 0 Å². The standard InChI is InChI=1S/C16H22F3N5O2/c1-10(15-21-13(9-25-3)22-26-15)23(2)6-11-4-5-14-20-12(16(17,18)19)8-24(14)7-11/h8,10-11H,4-7,9H2,1-3H3/t10-,11+/m1/s1. The lowest BCUT2D eigenvalue weighted by molar-refractivity contribution is -0.141. The molecule has 0 fully saturated rings. The molecule has 2 atom stereocenters. The molecular weight excluding hydrogens is 351 g/mol. The quantitative estimate of drug-likeness (QED) is 0.776. The lowest BCUT2D eigenvalue weighted by atomic mass is 9.98. The van der Waals surface area contributed by atoms with Crippen LogP contribution in [-0.2, 0) is 30.5 Å². The van der Waals surface area contributed by atoms with Gasteiger partial charge in [0.05, 0.1) is 6.04 Å². The van der Waals surface area contributed by atoms with Gasteiger partial charge in [-0.1, -0.05) is 5.16 Å². The Labute approximate surface area is 149 Å². The van der Waals surface area contributed by atoms with Crippen LogP contribution in [0.4, 0.5) is 13.2 Å². The number of alkyl halides is 3. The zero-order valence-corrected chi connectivity index (χ0v) is 15.0. The van der Waals surface area contributed by atoms with Crippen LogP contribution in [0.1, 0.15) is 42.6 Å². The van der Waals surface area contributed by atoms with Gasteiger partial charge < -0.3 is 13.8 Å². The van der Waals surface area contributed by atoms with Crippen LogP contribution in [0.15, 0.2) is 10.7 Å². The fraction of sp³-hybridized carbons (Fsp3) is 0.688. The smallest absolute Gasteiger partial charge is 0.377 e. The van der Waals surface area contributed by atoms with E-state index in [4.69, 9.17) is 9.26 Å². The number of aromatic nitrogens is 4. The van der Waals surface area contributed by atoms with E-state index in [9.17, 15) is 13.2 Å². The van der Waals surface area contributed by atoms with Crippen molar-refractivity contribution in [2.24, 2.45) is 5.92 Å². The number of aryl methyl sites for hydroxylation is 1. The molecule has 0 aliphatic carbocycles. The van der Waals surface area contributed by atoms with E-state index in [0.29, 0.717) is 37.0 Å². The summed E-state index contributed by atoms with van der Waals surface area (Å²) in [4.78, 5) is 10.1. The van der Waals surface area contributed by atoms with Crippen molar-refractivity contribution in [1.29, 1.82) is 0 Å². The Kier molecular flexibility index (Phi) is 5.33. The molecule has 2 aromatic heterocycles. The molecular formula is C16H22F3N5O2. The van der Waals surface area contributed by atoms with Crippen LogP contribution in [0.5, 0.6) is 0 Å². The van der Waals surface area contributed by atoms with Crippen molar-refractivity contribution in [3.8, 4) is 0 Å². The Balaban J connectivity index is 1.61. The molecule has 0 amide bonds. The van der Waals surface area contributed by atoms with Gasteiger partial charge in [-0.2, -0.15) is 18.2 Å². The van der Waals surface area contributed by atoms with Crippen LogP contribution in [0.2, 0.25) is 0 Å².